The number of para-hydroxylation sites is 1. The van der Waals surface area contributed by atoms with E-state index < -0.39 is 0 Å². The average Bonchev–Trinajstić information content (AvgIpc) is 2.48. The predicted octanol–water partition coefficient (Wildman–Crippen LogP) is 3.10. The molecule has 0 amide bonds. The highest BCUT2D eigenvalue weighted by molar-refractivity contribution is 5.51. The van der Waals surface area contributed by atoms with E-state index in [2.05, 4.69) is 24.4 Å². The standard InChI is InChI=1S/C14H21NO/c1-11-7-5-6-8-12(11)15-13-9-3-2-4-10-14(13)16/h5-8,13-16H,2-4,9-10H2,1H3. The molecule has 0 aromatic heterocycles. The van der Waals surface area contributed by atoms with E-state index in [9.17, 15) is 5.11 Å². The molecular weight excluding hydrogens is 198 g/mol. The van der Waals surface area contributed by atoms with Crippen LogP contribution < -0.4 is 5.32 Å². The molecule has 0 saturated heterocycles. The number of hydrogen-bond acceptors (Lipinski definition) is 2. The van der Waals surface area contributed by atoms with E-state index in [4.69, 9.17) is 0 Å². The lowest BCUT2D eigenvalue weighted by Crippen LogP contribution is -2.32. The minimum absolute atomic E-state index is 0.192. The predicted molar refractivity (Wildman–Crippen MR) is 67.7 cm³/mol. The zero-order valence-electron chi connectivity index (χ0n) is 9.95. The minimum Gasteiger partial charge on any atom is -0.391 e. The zero-order valence-corrected chi connectivity index (χ0v) is 9.95. The topological polar surface area (TPSA) is 32.3 Å². The van der Waals surface area contributed by atoms with Crippen LogP contribution in [0.25, 0.3) is 0 Å². The molecule has 2 heteroatoms. The summed E-state index contributed by atoms with van der Waals surface area (Å²) in [5.74, 6) is 0. The van der Waals surface area contributed by atoms with Crippen LogP contribution in [0.2, 0.25) is 0 Å². The van der Waals surface area contributed by atoms with Gasteiger partial charge in [-0.2, -0.15) is 0 Å². The van der Waals surface area contributed by atoms with Gasteiger partial charge in [-0.05, 0) is 31.4 Å². The van der Waals surface area contributed by atoms with Gasteiger partial charge in [-0.15, -0.1) is 0 Å². The maximum atomic E-state index is 10.0. The van der Waals surface area contributed by atoms with Crippen LogP contribution in [0.5, 0.6) is 0 Å². The lowest BCUT2D eigenvalue weighted by Gasteiger charge is -2.23. The van der Waals surface area contributed by atoms with Gasteiger partial charge in [0.2, 0.25) is 0 Å². The normalized spacial score (nSPS) is 26.1. The van der Waals surface area contributed by atoms with Gasteiger partial charge in [-0.25, -0.2) is 0 Å². The minimum atomic E-state index is -0.192. The maximum absolute atomic E-state index is 10.0. The van der Waals surface area contributed by atoms with Crippen LogP contribution in [-0.2, 0) is 0 Å². The first kappa shape index (κ1) is 11.5. The van der Waals surface area contributed by atoms with Crippen molar-refractivity contribution in [3.8, 4) is 0 Å². The molecule has 2 nitrogen and oxygen atoms in total. The Morgan fingerprint density at radius 2 is 1.88 bits per heavy atom. The number of anilines is 1. The van der Waals surface area contributed by atoms with Gasteiger partial charge in [0.25, 0.3) is 0 Å². The number of aliphatic hydroxyl groups is 1. The fraction of sp³-hybridized carbons (Fsp3) is 0.571. The highest BCUT2D eigenvalue weighted by atomic mass is 16.3. The van der Waals surface area contributed by atoms with E-state index in [0.717, 1.165) is 24.9 Å². The molecule has 0 heterocycles. The second-order valence-electron chi connectivity index (χ2n) is 4.77. The SMILES string of the molecule is Cc1ccccc1NC1CCCCCC1O. The summed E-state index contributed by atoms with van der Waals surface area (Å²) in [7, 11) is 0. The third-order valence-electron chi connectivity index (χ3n) is 3.47. The molecule has 2 rings (SSSR count). The van der Waals surface area contributed by atoms with Crippen molar-refractivity contribution in [2.45, 2.75) is 51.2 Å². The Morgan fingerprint density at radius 3 is 2.69 bits per heavy atom. The van der Waals surface area contributed by atoms with Gasteiger partial charge in [0, 0.05) is 5.69 Å². The maximum Gasteiger partial charge on any atom is 0.0741 e. The first-order chi connectivity index (χ1) is 7.77. The fourth-order valence-electron chi connectivity index (χ4n) is 2.39. The lowest BCUT2D eigenvalue weighted by atomic mass is 10.0. The van der Waals surface area contributed by atoms with Crippen molar-refractivity contribution < 1.29 is 5.11 Å². The Kier molecular flexibility index (Phi) is 3.83. The monoisotopic (exact) mass is 219 g/mol. The first-order valence-electron chi connectivity index (χ1n) is 6.27. The van der Waals surface area contributed by atoms with Crippen molar-refractivity contribution in [2.24, 2.45) is 0 Å². The molecule has 1 aliphatic rings. The van der Waals surface area contributed by atoms with Crippen molar-refractivity contribution in [1.82, 2.24) is 0 Å². The molecule has 2 unspecified atom stereocenters. The van der Waals surface area contributed by atoms with Crippen LogP contribution in [0.4, 0.5) is 5.69 Å². The summed E-state index contributed by atoms with van der Waals surface area (Å²) in [5, 5.41) is 13.5. The van der Waals surface area contributed by atoms with Gasteiger partial charge < -0.3 is 10.4 Å². The second-order valence-corrected chi connectivity index (χ2v) is 4.77. The van der Waals surface area contributed by atoms with Gasteiger partial charge in [0.1, 0.15) is 0 Å². The summed E-state index contributed by atoms with van der Waals surface area (Å²) in [5.41, 5.74) is 2.41. The van der Waals surface area contributed by atoms with Crippen LogP contribution in [0.15, 0.2) is 24.3 Å². The molecule has 88 valence electrons. The summed E-state index contributed by atoms with van der Waals surface area (Å²) in [6.07, 6.45) is 5.46. The van der Waals surface area contributed by atoms with Crippen molar-refractivity contribution in [3.05, 3.63) is 29.8 Å². The Morgan fingerprint density at radius 1 is 1.12 bits per heavy atom. The van der Waals surface area contributed by atoms with Crippen molar-refractivity contribution in [2.75, 3.05) is 5.32 Å². The average molecular weight is 219 g/mol. The third kappa shape index (κ3) is 2.76. The van der Waals surface area contributed by atoms with Gasteiger partial charge >= 0.3 is 0 Å². The fourth-order valence-corrected chi connectivity index (χ4v) is 2.39. The molecule has 1 aromatic rings. The van der Waals surface area contributed by atoms with Crippen LogP contribution >= 0.6 is 0 Å². The Bertz CT molecular complexity index is 337. The van der Waals surface area contributed by atoms with E-state index in [1.165, 1.54) is 18.4 Å². The van der Waals surface area contributed by atoms with Crippen LogP contribution in [0.1, 0.15) is 37.7 Å². The number of aliphatic hydroxyl groups excluding tert-OH is 1. The summed E-state index contributed by atoms with van der Waals surface area (Å²) in [6.45, 7) is 2.10. The summed E-state index contributed by atoms with van der Waals surface area (Å²) in [6, 6.07) is 8.50. The van der Waals surface area contributed by atoms with Gasteiger partial charge in [0.05, 0.1) is 12.1 Å². The quantitative estimate of drug-likeness (QED) is 0.749. The number of rotatable bonds is 2. The smallest absolute Gasteiger partial charge is 0.0741 e. The molecule has 0 bridgehead atoms. The molecular formula is C14H21NO. The van der Waals surface area contributed by atoms with Gasteiger partial charge in [-0.1, -0.05) is 37.5 Å². The number of nitrogens with one attached hydrogen (secondary N) is 1. The van der Waals surface area contributed by atoms with E-state index in [1.54, 1.807) is 0 Å². The molecule has 2 N–H and O–H groups in total. The number of hydrogen-bond donors (Lipinski definition) is 2. The van der Waals surface area contributed by atoms with Crippen molar-refractivity contribution in [1.29, 1.82) is 0 Å². The first-order valence-corrected chi connectivity index (χ1v) is 6.27. The molecule has 1 aliphatic carbocycles. The lowest BCUT2D eigenvalue weighted by molar-refractivity contribution is 0.144. The molecule has 0 spiro atoms. The molecule has 1 saturated carbocycles. The van der Waals surface area contributed by atoms with E-state index >= 15 is 0 Å². The Balaban J connectivity index is 2.05. The molecule has 16 heavy (non-hydrogen) atoms. The van der Waals surface area contributed by atoms with Crippen LogP contribution in [0, 0.1) is 6.92 Å². The molecule has 1 fully saturated rings. The summed E-state index contributed by atoms with van der Waals surface area (Å²) < 4.78 is 0. The van der Waals surface area contributed by atoms with E-state index in [0.29, 0.717) is 0 Å². The van der Waals surface area contributed by atoms with Crippen LogP contribution in [-0.4, -0.2) is 17.3 Å². The molecule has 2 atom stereocenters. The van der Waals surface area contributed by atoms with E-state index in [1.807, 2.05) is 12.1 Å². The van der Waals surface area contributed by atoms with E-state index in [-0.39, 0.29) is 12.1 Å². The third-order valence-corrected chi connectivity index (χ3v) is 3.47. The number of benzene rings is 1. The second kappa shape index (κ2) is 5.35. The van der Waals surface area contributed by atoms with Crippen molar-refractivity contribution >= 4 is 5.69 Å². The largest absolute Gasteiger partial charge is 0.391 e. The highest BCUT2D eigenvalue weighted by Crippen LogP contribution is 2.23. The molecule has 0 radical (unpaired) electrons. The van der Waals surface area contributed by atoms with Crippen LogP contribution in [0.3, 0.4) is 0 Å². The Labute approximate surface area is 97.7 Å². The number of aryl methyl sites for hydroxylation is 1. The van der Waals surface area contributed by atoms with Gasteiger partial charge in [0.15, 0.2) is 0 Å². The molecule has 1 aromatic carbocycles. The van der Waals surface area contributed by atoms with Gasteiger partial charge in [-0.3, -0.25) is 0 Å². The summed E-state index contributed by atoms with van der Waals surface area (Å²) >= 11 is 0. The molecule has 0 aliphatic heterocycles. The van der Waals surface area contributed by atoms with Crippen molar-refractivity contribution in [3.63, 3.8) is 0 Å². The summed E-state index contributed by atoms with van der Waals surface area (Å²) in [4.78, 5) is 0. The zero-order chi connectivity index (χ0) is 11.4. The Hall–Kier alpha value is -1.02. The highest BCUT2D eigenvalue weighted by Gasteiger charge is 2.21.